The van der Waals surface area contributed by atoms with Crippen LogP contribution in [0.25, 0.3) is 0 Å². The fourth-order valence-corrected chi connectivity index (χ4v) is 5.34. The number of amides is 2. The van der Waals surface area contributed by atoms with E-state index in [1.165, 1.54) is 16.6 Å². The second-order valence-electron chi connectivity index (χ2n) is 7.13. The molecule has 3 aromatic rings. The van der Waals surface area contributed by atoms with Crippen molar-refractivity contribution in [2.24, 2.45) is 12.8 Å². The van der Waals surface area contributed by atoms with E-state index in [4.69, 9.17) is 10.5 Å². The Hall–Kier alpha value is -2.70. The summed E-state index contributed by atoms with van der Waals surface area (Å²) in [6.07, 6.45) is 0.316. The molecular weight excluding hydrogens is 470 g/mol. The number of anilines is 1. The molecule has 3 heterocycles. The number of thiophene rings is 2. The van der Waals surface area contributed by atoms with E-state index in [9.17, 15) is 14.4 Å². The Labute approximate surface area is 197 Å². The topological polar surface area (TPSA) is 129 Å². The number of ether oxygens (including phenoxy) is 1. The molecule has 170 valence electrons. The number of hydrogen-bond acceptors (Lipinski definition) is 9. The first-order valence-electron chi connectivity index (χ1n) is 9.64. The van der Waals surface area contributed by atoms with Gasteiger partial charge in [-0.05, 0) is 37.8 Å². The number of esters is 1. The molecule has 12 heteroatoms. The SMILES string of the molecule is Cc1c(C(N)=O)sc(NC(=O)CSc2nnc(Cc3cccs3)n2C)c1C(=O)OC(C)C. The molecule has 0 aliphatic heterocycles. The average molecular weight is 494 g/mol. The van der Waals surface area contributed by atoms with E-state index in [1.54, 1.807) is 32.1 Å². The summed E-state index contributed by atoms with van der Waals surface area (Å²) in [6.45, 7) is 5.04. The smallest absolute Gasteiger partial charge is 0.341 e. The van der Waals surface area contributed by atoms with Gasteiger partial charge in [0.05, 0.1) is 22.3 Å². The second-order valence-corrected chi connectivity index (χ2v) is 10.1. The summed E-state index contributed by atoms with van der Waals surface area (Å²) in [6, 6.07) is 4.02. The van der Waals surface area contributed by atoms with Crippen LogP contribution >= 0.6 is 34.4 Å². The summed E-state index contributed by atoms with van der Waals surface area (Å²) in [5, 5.41) is 13.9. The van der Waals surface area contributed by atoms with E-state index in [-0.39, 0.29) is 33.2 Å². The van der Waals surface area contributed by atoms with Crippen LogP contribution in [0, 0.1) is 6.92 Å². The highest BCUT2D eigenvalue weighted by atomic mass is 32.2. The van der Waals surface area contributed by atoms with Crippen molar-refractivity contribution in [3.8, 4) is 0 Å². The van der Waals surface area contributed by atoms with Gasteiger partial charge in [-0.2, -0.15) is 0 Å². The minimum Gasteiger partial charge on any atom is -0.459 e. The molecule has 0 fully saturated rings. The Bertz CT molecular complexity index is 1130. The maximum Gasteiger partial charge on any atom is 0.341 e. The van der Waals surface area contributed by atoms with Crippen LogP contribution in [-0.2, 0) is 23.0 Å². The zero-order chi connectivity index (χ0) is 23.4. The van der Waals surface area contributed by atoms with Gasteiger partial charge in [-0.15, -0.1) is 32.9 Å². The van der Waals surface area contributed by atoms with E-state index in [0.29, 0.717) is 17.1 Å². The normalized spacial score (nSPS) is 11.0. The van der Waals surface area contributed by atoms with Crippen LogP contribution in [0.5, 0.6) is 0 Å². The molecule has 32 heavy (non-hydrogen) atoms. The maximum absolute atomic E-state index is 12.6. The van der Waals surface area contributed by atoms with Gasteiger partial charge in [0.2, 0.25) is 5.91 Å². The second kappa shape index (κ2) is 10.3. The van der Waals surface area contributed by atoms with Crippen molar-refractivity contribution < 1.29 is 19.1 Å². The molecule has 0 aromatic carbocycles. The number of nitrogens with zero attached hydrogens (tertiary/aromatic N) is 3. The largest absolute Gasteiger partial charge is 0.459 e. The zero-order valence-corrected chi connectivity index (χ0v) is 20.4. The number of thioether (sulfide) groups is 1. The van der Waals surface area contributed by atoms with Crippen LogP contribution in [0.1, 0.15) is 50.1 Å². The van der Waals surface area contributed by atoms with E-state index >= 15 is 0 Å². The quantitative estimate of drug-likeness (QED) is 0.346. The van der Waals surface area contributed by atoms with Gasteiger partial charge in [0, 0.05) is 18.3 Å². The number of carbonyl (C=O) groups is 3. The number of hydrogen-bond donors (Lipinski definition) is 2. The van der Waals surface area contributed by atoms with E-state index in [1.807, 2.05) is 29.1 Å². The monoisotopic (exact) mass is 493 g/mol. The lowest BCUT2D eigenvalue weighted by molar-refractivity contribution is -0.113. The van der Waals surface area contributed by atoms with Crippen molar-refractivity contribution in [2.75, 3.05) is 11.1 Å². The van der Waals surface area contributed by atoms with Crippen molar-refractivity contribution in [3.63, 3.8) is 0 Å². The molecule has 0 atom stereocenters. The number of aromatic nitrogens is 3. The molecule has 3 N–H and O–H groups in total. The molecule has 3 rings (SSSR count). The molecule has 0 saturated carbocycles. The molecule has 0 spiro atoms. The summed E-state index contributed by atoms with van der Waals surface area (Å²) < 4.78 is 7.11. The number of carbonyl (C=O) groups excluding carboxylic acids is 3. The number of nitrogens with one attached hydrogen (secondary N) is 1. The fraction of sp³-hybridized carbons (Fsp3) is 0.350. The summed E-state index contributed by atoms with van der Waals surface area (Å²) in [5.74, 6) is -0.788. The lowest BCUT2D eigenvalue weighted by Gasteiger charge is -2.10. The fourth-order valence-electron chi connectivity index (χ4n) is 2.84. The number of primary amides is 1. The molecule has 3 aromatic heterocycles. The van der Waals surface area contributed by atoms with Crippen LogP contribution in [0.4, 0.5) is 5.00 Å². The third kappa shape index (κ3) is 5.56. The van der Waals surface area contributed by atoms with E-state index in [0.717, 1.165) is 17.2 Å². The maximum atomic E-state index is 12.6. The Morgan fingerprint density at radius 3 is 2.69 bits per heavy atom. The van der Waals surface area contributed by atoms with Gasteiger partial charge in [0.15, 0.2) is 5.16 Å². The highest BCUT2D eigenvalue weighted by molar-refractivity contribution is 7.99. The predicted octanol–water partition coefficient (Wildman–Crippen LogP) is 3.23. The molecule has 0 saturated heterocycles. The number of rotatable bonds is 9. The van der Waals surface area contributed by atoms with E-state index in [2.05, 4.69) is 15.5 Å². The van der Waals surface area contributed by atoms with Crippen LogP contribution < -0.4 is 11.1 Å². The Morgan fingerprint density at radius 2 is 2.06 bits per heavy atom. The Kier molecular flexibility index (Phi) is 7.69. The van der Waals surface area contributed by atoms with Gasteiger partial charge in [-0.3, -0.25) is 9.59 Å². The first-order chi connectivity index (χ1) is 15.2. The van der Waals surface area contributed by atoms with Gasteiger partial charge in [-0.25, -0.2) is 4.79 Å². The number of nitrogens with two attached hydrogens (primary N) is 1. The molecule has 9 nitrogen and oxygen atoms in total. The molecule has 0 radical (unpaired) electrons. The van der Waals surface area contributed by atoms with Crippen molar-refractivity contribution in [3.05, 3.63) is 44.2 Å². The highest BCUT2D eigenvalue weighted by Crippen LogP contribution is 2.34. The van der Waals surface area contributed by atoms with Gasteiger partial charge >= 0.3 is 5.97 Å². The minimum absolute atomic E-state index is 0.0481. The highest BCUT2D eigenvalue weighted by Gasteiger charge is 2.26. The van der Waals surface area contributed by atoms with Crippen molar-refractivity contribution in [1.82, 2.24) is 14.8 Å². The predicted molar refractivity (Wildman–Crippen MR) is 126 cm³/mol. The molecule has 0 aliphatic rings. The molecular formula is C20H23N5O4S3. The summed E-state index contributed by atoms with van der Waals surface area (Å²) in [7, 11) is 1.85. The standard InChI is InChI=1S/C20H23N5O4S3/c1-10(2)29-19(28)15-11(3)16(17(21)27)32-18(15)22-14(26)9-31-20-24-23-13(25(20)4)8-12-6-5-7-30-12/h5-7,10H,8-9H2,1-4H3,(H2,21,27)(H,22,26). The Balaban J connectivity index is 1.70. The van der Waals surface area contributed by atoms with Crippen LogP contribution in [0.3, 0.4) is 0 Å². The molecule has 0 aliphatic carbocycles. The molecule has 0 bridgehead atoms. The molecule has 0 unspecified atom stereocenters. The van der Waals surface area contributed by atoms with E-state index < -0.39 is 11.9 Å². The lowest BCUT2D eigenvalue weighted by atomic mass is 10.1. The van der Waals surface area contributed by atoms with Crippen molar-refractivity contribution in [1.29, 1.82) is 0 Å². The first-order valence-corrected chi connectivity index (χ1v) is 12.3. The van der Waals surface area contributed by atoms with Gasteiger partial charge in [-0.1, -0.05) is 17.8 Å². The van der Waals surface area contributed by atoms with Crippen molar-refractivity contribution in [2.45, 2.75) is 38.5 Å². The zero-order valence-electron chi connectivity index (χ0n) is 18.0. The van der Waals surface area contributed by atoms with Crippen LogP contribution in [0.15, 0.2) is 22.7 Å². The average Bonchev–Trinajstić information content (AvgIpc) is 3.41. The Morgan fingerprint density at radius 1 is 1.31 bits per heavy atom. The van der Waals surface area contributed by atoms with Gasteiger partial charge in [0.1, 0.15) is 10.8 Å². The third-order valence-electron chi connectivity index (χ3n) is 4.34. The lowest BCUT2D eigenvalue weighted by Crippen LogP contribution is -2.18. The molecule has 2 amide bonds. The third-order valence-corrected chi connectivity index (χ3v) is 7.46. The van der Waals surface area contributed by atoms with Gasteiger partial charge < -0.3 is 20.4 Å². The summed E-state index contributed by atoms with van der Waals surface area (Å²) >= 11 is 3.83. The summed E-state index contributed by atoms with van der Waals surface area (Å²) in [5.41, 5.74) is 5.95. The first kappa shape index (κ1) is 24.0. The van der Waals surface area contributed by atoms with Gasteiger partial charge in [0.25, 0.3) is 5.91 Å². The minimum atomic E-state index is -0.668. The summed E-state index contributed by atoms with van der Waals surface area (Å²) in [4.78, 5) is 38.2. The van der Waals surface area contributed by atoms with Crippen molar-refractivity contribution >= 4 is 57.2 Å². The van der Waals surface area contributed by atoms with Crippen LogP contribution in [-0.4, -0.2) is 44.4 Å². The van der Waals surface area contributed by atoms with Crippen LogP contribution in [0.2, 0.25) is 0 Å².